The maximum absolute atomic E-state index is 12.7. The lowest BCUT2D eigenvalue weighted by molar-refractivity contribution is 0.102. The number of anilines is 3. The topological polar surface area (TPSA) is 116 Å². The molecular weight excluding hydrogens is 402 g/mol. The molecule has 7 nitrogen and oxygen atoms in total. The summed E-state index contributed by atoms with van der Waals surface area (Å²) in [7, 11) is 0. The number of carbonyl (C=O) groups is 1. The number of nitrogens with two attached hydrogens (primary N) is 2. The van der Waals surface area contributed by atoms with E-state index in [1.165, 1.54) is 5.56 Å². The minimum Gasteiger partial charge on any atom is -0.493 e. The monoisotopic (exact) mass is 425 g/mol. The highest BCUT2D eigenvalue weighted by atomic mass is 16.5. The van der Waals surface area contributed by atoms with Gasteiger partial charge in [0, 0.05) is 23.9 Å². The number of nitrogen functional groups attached to an aromatic ring is 2. The summed E-state index contributed by atoms with van der Waals surface area (Å²) in [4.78, 5) is 21.2. The van der Waals surface area contributed by atoms with E-state index in [2.05, 4.69) is 27.4 Å². The number of ether oxygens (including phenoxy) is 1. The summed E-state index contributed by atoms with van der Waals surface area (Å²) in [6.45, 7) is 0.583. The average Bonchev–Trinajstić information content (AvgIpc) is 2.83. The Hall–Kier alpha value is -4.39. The molecular formula is C25H23N5O2. The SMILES string of the molecule is Nc1ccc(-c2cc(C(=O)Nc3ccc(OCCc4ccccc4)cc3)ccn2)nc1N. The highest BCUT2D eigenvalue weighted by Crippen LogP contribution is 2.21. The van der Waals surface area contributed by atoms with E-state index < -0.39 is 0 Å². The van der Waals surface area contributed by atoms with Crippen LogP contribution in [-0.4, -0.2) is 22.5 Å². The molecule has 7 heteroatoms. The molecule has 0 radical (unpaired) electrons. The van der Waals surface area contributed by atoms with Crippen molar-refractivity contribution in [1.82, 2.24) is 9.97 Å². The number of benzene rings is 2. The van der Waals surface area contributed by atoms with Crippen LogP contribution in [0.2, 0.25) is 0 Å². The zero-order valence-corrected chi connectivity index (χ0v) is 17.4. The van der Waals surface area contributed by atoms with Crippen LogP contribution in [0.15, 0.2) is 85.1 Å². The molecule has 1 amide bonds. The highest BCUT2D eigenvalue weighted by Gasteiger charge is 2.10. The van der Waals surface area contributed by atoms with Crippen LogP contribution in [0.3, 0.4) is 0 Å². The number of rotatable bonds is 7. The van der Waals surface area contributed by atoms with Crippen molar-refractivity contribution in [3.05, 3.63) is 96.2 Å². The second kappa shape index (κ2) is 9.61. The van der Waals surface area contributed by atoms with Crippen LogP contribution in [0.1, 0.15) is 15.9 Å². The maximum atomic E-state index is 12.7. The van der Waals surface area contributed by atoms with Crippen molar-refractivity contribution >= 4 is 23.1 Å². The molecule has 5 N–H and O–H groups in total. The predicted molar refractivity (Wildman–Crippen MR) is 126 cm³/mol. The van der Waals surface area contributed by atoms with E-state index in [0.717, 1.165) is 12.2 Å². The first-order valence-electron chi connectivity index (χ1n) is 10.1. The Morgan fingerprint density at radius 2 is 1.69 bits per heavy atom. The van der Waals surface area contributed by atoms with Crippen molar-refractivity contribution in [2.75, 3.05) is 23.4 Å². The van der Waals surface area contributed by atoms with Gasteiger partial charge in [-0.3, -0.25) is 9.78 Å². The van der Waals surface area contributed by atoms with E-state index in [1.807, 2.05) is 30.3 Å². The van der Waals surface area contributed by atoms with Gasteiger partial charge in [-0.15, -0.1) is 0 Å². The molecule has 2 heterocycles. The predicted octanol–water partition coefficient (Wildman–Crippen LogP) is 4.18. The van der Waals surface area contributed by atoms with Crippen molar-refractivity contribution in [2.24, 2.45) is 0 Å². The van der Waals surface area contributed by atoms with Crippen LogP contribution in [0.25, 0.3) is 11.4 Å². The van der Waals surface area contributed by atoms with E-state index in [-0.39, 0.29) is 11.7 Å². The molecule has 2 aromatic heterocycles. The van der Waals surface area contributed by atoms with Crippen LogP contribution in [0.5, 0.6) is 5.75 Å². The number of pyridine rings is 2. The summed E-state index contributed by atoms with van der Waals surface area (Å²) < 4.78 is 5.79. The molecule has 0 aliphatic heterocycles. The van der Waals surface area contributed by atoms with Crippen molar-refractivity contribution in [2.45, 2.75) is 6.42 Å². The molecule has 4 rings (SSSR count). The fourth-order valence-corrected chi connectivity index (χ4v) is 3.11. The third kappa shape index (κ3) is 5.20. The molecule has 2 aromatic carbocycles. The Labute approximate surface area is 186 Å². The largest absolute Gasteiger partial charge is 0.493 e. The van der Waals surface area contributed by atoms with E-state index in [1.54, 1.807) is 42.6 Å². The lowest BCUT2D eigenvalue weighted by Crippen LogP contribution is -2.12. The summed E-state index contributed by atoms with van der Waals surface area (Å²) >= 11 is 0. The molecule has 0 unspecified atom stereocenters. The molecule has 4 aromatic rings. The third-order valence-electron chi connectivity index (χ3n) is 4.86. The van der Waals surface area contributed by atoms with Gasteiger partial charge in [-0.2, -0.15) is 0 Å². The molecule has 0 spiro atoms. The fourth-order valence-electron chi connectivity index (χ4n) is 3.11. The standard InChI is InChI=1S/C25H23N5O2/c26-21-10-11-22(30-24(21)27)23-16-18(12-14-28-23)25(31)29-19-6-8-20(9-7-19)32-15-13-17-4-2-1-3-5-17/h1-12,14,16H,13,15,26H2,(H2,27,30)(H,29,31). The van der Waals surface area contributed by atoms with Crippen molar-refractivity contribution < 1.29 is 9.53 Å². The smallest absolute Gasteiger partial charge is 0.255 e. The molecule has 160 valence electrons. The van der Waals surface area contributed by atoms with Gasteiger partial charge in [0.1, 0.15) is 11.6 Å². The summed E-state index contributed by atoms with van der Waals surface area (Å²) in [6, 6.07) is 24.1. The van der Waals surface area contributed by atoms with Crippen LogP contribution < -0.4 is 21.5 Å². The minimum absolute atomic E-state index is 0.227. The molecule has 32 heavy (non-hydrogen) atoms. The Morgan fingerprint density at radius 1 is 0.906 bits per heavy atom. The number of nitrogens with one attached hydrogen (secondary N) is 1. The van der Waals surface area contributed by atoms with Gasteiger partial charge >= 0.3 is 0 Å². The molecule has 0 aliphatic rings. The van der Waals surface area contributed by atoms with Gasteiger partial charge in [-0.05, 0) is 54.1 Å². The lowest BCUT2D eigenvalue weighted by Gasteiger charge is -2.09. The van der Waals surface area contributed by atoms with Gasteiger partial charge in [0.15, 0.2) is 0 Å². The zero-order valence-electron chi connectivity index (χ0n) is 17.4. The van der Waals surface area contributed by atoms with Gasteiger partial charge in [-0.25, -0.2) is 4.98 Å². The Morgan fingerprint density at radius 3 is 2.44 bits per heavy atom. The number of hydrogen-bond acceptors (Lipinski definition) is 6. The second-order valence-corrected chi connectivity index (χ2v) is 7.16. The molecule has 0 fully saturated rings. The van der Waals surface area contributed by atoms with E-state index in [9.17, 15) is 4.79 Å². The minimum atomic E-state index is -0.255. The van der Waals surface area contributed by atoms with Gasteiger partial charge in [0.05, 0.1) is 23.7 Å². The van der Waals surface area contributed by atoms with Crippen molar-refractivity contribution in [1.29, 1.82) is 0 Å². The fraction of sp³-hybridized carbons (Fsp3) is 0.0800. The second-order valence-electron chi connectivity index (χ2n) is 7.16. The number of carbonyl (C=O) groups excluding carboxylic acids is 1. The molecule has 0 saturated heterocycles. The lowest BCUT2D eigenvalue weighted by atomic mass is 10.1. The van der Waals surface area contributed by atoms with Crippen LogP contribution in [-0.2, 0) is 6.42 Å². The third-order valence-corrected chi connectivity index (χ3v) is 4.86. The summed E-state index contributed by atoms with van der Waals surface area (Å²) in [5.41, 5.74) is 15.3. The van der Waals surface area contributed by atoms with Crippen molar-refractivity contribution in [3.8, 4) is 17.1 Å². The van der Waals surface area contributed by atoms with E-state index in [4.69, 9.17) is 16.2 Å². The van der Waals surface area contributed by atoms with Crippen molar-refractivity contribution in [3.63, 3.8) is 0 Å². The summed E-state index contributed by atoms with van der Waals surface area (Å²) in [5, 5.41) is 2.88. The van der Waals surface area contributed by atoms with E-state index in [0.29, 0.717) is 34.9 Å². The average molecular weight is 425 g/mol. The number of nitrogens with zero attached hydrogens (tertiary/aromatic N) is 2. The number of hydrogen-bond donors (Lipinski definition) is 3. The van der Waals surface area contributed by atoms with Gasteiger partial charge in [-0.1, -0.05) is 30.3 Å². The van der Waals surface area contributed by atoms with Crippen LogP contribution >= 0.6 is 0 Å². The normalized spacial score (nSPS) is 10.5. The molecule has 0 bridgehead atoms. The summed E-state index contributed by atoms with van der Waals surface area (Å²) in [5.74, 6) is 0.720. The first kappa shape index (κ1) is 20.9. The molecule has 0 aliphatic carbocycles. The van der Waals surface area contributed by atoms with Gasteiger partial charge in [0.25, 0.3) is 5.91 Å². The maximum Gasteiger partial charge on any atom is 0.255 e. The number of aromatic nitrogens is 2. The first-order chi connectivity index (χ1) is 15.6. The Kier molecular flexibility index (Phi) is 6.27. The molecule has 0 saturated carbocycles. The van der Waals surface area contributed by atoms with Crippen LogP contribution in [0, 0.1) is 0 Å². The summed E-state index contributed by atoms with van der Waals surface area (Å²) in [6.07, 6.45) is 2.39. The van der Waals surface area contributed by atoms with Gasteiger partial charge in [0.2, 0.25) is 0 Å². The Bertz CT molecular complexity index is 1210. The van der Waals surface area contributed by atoms with Crippen LogP contribution in [0.4, 0.5) is 17.2 Å². The first-order valence-corrected chi connectivity index (χ1v) is 10.1. The highest BCUT2D eigenvalue weighted by molar-refractivity contribution is 6.04. The molecule has 0 atom stereocenters. The van der Waals surface area contributed by atoms with E-state index >= 15 is 0 Å². The Balaban J connectivity index is 1.37. The quantitative estimate of drug-likeness (QED) is 0.409. The number of amides is 1. The zero-order chi connectivity index (χ0) is 22.3. The van der Waals surface area contributed by atoms with Gasteiger partial charge < -0.3 is 21.5 Å².